The van der Waals surface area contributed by atoms with Gasteiger partial charge in [-0.25, -0.2) is 0 Å². The fraction of sp³-hybridized carbons (Fsp3) is 0.812. The summed E-state index contributed by atoms with van der Waals surface area (Å²) < 4.78 is 7.89. The third-order valence-electron chi connectivity index (χ3n) is 4.00. The van der Waals surface area contributed by atoms with Gasteiger partial charge in [0.25, 0.3) is 0 Å². The third kappa shape index (κ3) is 4.91. The normalized spacial score (nSPS) is 21.0. The molecule has 1 N–H and O–H groups in total. The highest BCUT2D eigenvalue weighted by molar-refractivity contribution is 5.06. The molecule has 0 radical (unpaired) electrons. The van der Waals surface area contributed by atoms with Crippen molar-refractivity contribution in [1.82, 2.24) is 15.1 Å². The smallest absolute Gasteiger partial charge is 0.0590 e. The van der Waals surface area contributed by atoms with E-state index in [0.717, 1.165) is 32.5 Å². The Morgan fingerprint density at radius 1 is 1.45 bits per heavy atom. The maximum Gasteiger partial charge on any atom is 0.0590 e. The maximum absolute atomic E-state index is 5.89. The molecule has 0 saturated carbocycles. The number of ether oxygens (including phenoxy) is 1. The van der Waals surface area contributed by atoms with Crippen molar-refractivity contribution in [2.24, 2.45) is 0 Å². The molecule has 1 fully saturated rings. The molecule has 0 spiro atoms. The summed E-state index contributed by atoms with van der Waals surface area (Å²) in [5, 5.41) is 8.05. The van der Waals surface area contributed by atoms with E-state index < -0.39 is 0 Å². The first-order valence-electron chi connectivity index (χ1n) is 8.18. The molecule has 0 aromatic carbocycles. The van der Waals surface area contributed by atoms with Gasteiger partial charge in [0.15, 0.2) is 0 Å². The SMILES string of the molecule is CCCNC(Cc1cnn(CC)c1)CC1CCCCO1. The van der Waals surface area contributed by atoms with Crippen molar-refractivity contribution in [2.75, 3.05) is 13.2 Å². The molecule has 1 aromatic rings. The minimum Gasteiger partial charge on any atom is -0.378 e. The summed E-state index contributed by atoms with van der Waals surface area (Å²) in [6.45, 7) is 7.31. The van der Waals surface area contributed by atoms with E-state index in [0.29, 0.717) is 12.1 Å². The zero-order valence-electron chi connectivity index (χ0n) is 13.0. The second-order valence-corrected chi connectivity index (χ2v) is 5.78. The number of rotatable bonds is 8. The van der Waals surface area contributed by atoms with Crippen LogP contribution < -0.4 is 5.32 Å². The van der Waals surface area contributed by atoms with Crippen LogP contribution in [0, 0.1) is 0 Å². The molecule has 114 valence electrons. The molecule has 0 aliphatic carbocycles. The second-order valence-electron chi connectivity index (χ2n) is 5.78. The lowest BCUT2D eigenvalue weighted by Gasteiger charge is -2.27. The lowest BCUT2D eigenvalue weighted by Crippen LogP contribution is -2.36. The number of hydrogen-bond donors (Lipinski definition) is 1. The summed E-state index contributed by atoms with van der Waals surface area (Å²) in [6.07, 6.45) is 11.7. The molecular weight excluding hydrogens is 250 g/mol. The Labute approximate surface area is 122 Å². The average Bonchev–Trinajstić information content (AvgIpc) is 2.93. The van der Waals surface area contributed by atoms with E-state index in [9.17, 15) is 0 Å². The van der Waals surface area contributed by atoms with E-state index in [-0.39, 0.29) is 0 Å². The van der Waals surface area contributed by atoms with Crippen LogP contribution in [-0.4, -0.2) is 35.1 Å². The summed E-state index contributed by atoms with van der Waals surface area (Å²) in [7, 11) is 0. The van der Waals surface area contributed by atoms with Gasteiger partial charge < -0.3 is 10.1 Å². The van der Waals surface area contributed by atoms with E-state index in [2.05, 4.69) is 30.5 Å². The largest absolute Gasteiger partial charge is 0.378 e. The molecule has 2 rings (SSSR count). The Morgan fingerprint density at radius 2 is 2.35 bits per heavy atom. The van der Waals surface area contributed by atoms with Crippen molar-refractivity contribution < 1.29 is 4.74 Å². The van der Waals surface area contributed by atoms with Crippen molar-refractivity contribution in [3.8, 4) is 0 Å². The van der Waals surface area contributed by atoms with Gasteiger partial charge in [-0.1, -0.05) is 6.92 Å². The standard InChI is InChI=1S/C16H29N3O/c1-3-8-17-15(11-16-7-5-6-9-20-16)10-14-12-18-19(4-2)13-14/h12-13,15-17H,3-11H2,1-2H3. The van der Waals surface area contributed by atoms with Crippen LogP contribution in [0.25, 0.3) is 0 Å². The molecule has 0 amide bonds. The van der Waals surface area contributed by atoms with Gasteiger partial charge in [-0.2, -0.15) is 5.10 Å². The fourth-order valence-corrected chi connectivity index (χ4v) is 2.87. The first-order chi connectivity index (χ1) is 9.81. The fourth-order valence-electron chi connectivity index (χ4n) is 2.87. The minimum atomic E-state index is 0.444. The first-order valence-corrected chi connectivity index (χ1v) is 8.18. The Balaban J connectivity index is 1.87. The van der Waals surface area contributed by atoms with Crippen LogP contribution in [0.2, 0.25) is 0 Å². The molecule has 20 heavy (non-hydrogen) atoms. The van der Waals surface area contributed by atoms with E-state index in [1.807, 2.05) is 10.9 Å². The summed E-state index contributed by atoms with van der Waals surface area (Å²) in [5.74, 6) is 0. The zero-order chi connectivity index (χ0) is 14.2. The second kappa shape index (κ2) is 8.42. The topological polar surface area (TPSA) is 39.1 Å². The molecule has 2 unspecified atom stereocenters. The molecule has 1 saturated heterocycles. The van der Waals surface area contributed by atoms with Gasteiger partial charge in [0, 0.05) is 25.4 Å². The maximum atomic E-state index is 5.89. The van der Waals surface area contributed by atoms with Crippen LogP contribution in [0.1, 0.15) is 51.5 Å². The number of nitrogens with zero attached hydrogens (tertiary/aromatic N) is 2. The minimum absolute atomic E-state index is 0.444. The lowest BCUT2D eigenvalue weighted by atomic mass is 9.98. The molecule has 4 nitrogen and oxygen atoms in total. The molecule has 0 bridgehead atoms. The predicted molar refractivity (Wildman–Crippen MR) is 81.9 cm³/mol. The number of nitrogens with one attached hydrogen (secondary N) is 1. The summed E-state index contributed by atoms with van der Waals surface area (Å²) in [6, 6.07) is 0.507. The highest BCUT2D eigenvalue weighted by Crippen LogP contribution is 2.18. The van der Waals surface area contributed by atoms with E-state index >= 15 is 0 Å². The van der Waals surface area contributed by atoms with E-state index in [1.54, 1.807) is 0 Å². The van der Waals surface area contributed by atoms with Crippen molar-refractivity contribution >= 4 is 0 Å². The molecule has 2 heterocycles. The Morgan fingerprint density at radius 3 is 3.00 bits per heavy atom. The van der Waals surface area contributed by atoms with Crippen molar-refractivity contribution in [1.29, 1.82) is 0 Å². The van der Waals surface area contributed by atoms with Crippen LogP contribution in [-0.2, 0) is 17.7 Å². The average molecular weight is 279 g/mol. The summed E-state index contributed by atoms with van der Waals surface area (Å²) in [5.41, 5.74) is 1.33. The summed E-state index contributed by atoms with van der Waals surface area (Å²) >= 11 is 0. The van der Waals surface area contributed by atoms with Gasteiger partial charge in [0.2, 0.25) is 0 Å². The zero-order valence-corrected chi connectivity index (χ0v) is 13.0. The number of aryl methyl sites for hydroxylation is 1. The molecule has 4 heteroatoms. The number of aromatic nitrogens is 2. The monoisotopic (exact) mass is 279 g/mol. The van der Waals surface area contributed by atoms with Crippen LogP contribution in [0.3, 0.4) is 0 Å². The molecule has 1 aromatic heterocycles. The first kappa shape index (κ1) is 15.5. The van der Waals surface area contributed by atoms with Crippen molar-refractivity contribution in [3.05, 3.63) is 18.0 Å². The lowest BCUT2D eigenvalue weighted by molar-refractivity contribution is 0.00526. The van der Waals surface area contributed by atoms with E-state index in [4.69, 9.17) is 4.74 Å². The molecule has 2 atom stereocenters. The van der Waals surface area contributed by atoms with Gasteiger partial charge in [0.05, 0.1) is 12.3 Å². The highest BCUT2D eigenvalue weighted by atomic mass is 16.5. The Bertz CT molecular complexity index is 372. The van der Waals surface area contributed by atoms with Crippen LogP contribution >= 0.6 is 0 Å². The van der Waals surface area contributed by atoms with Crippen molar-refractivity contribution in [3.63, 3.8) is 0 Å². The summed E-state index contributed by atoms with van der Waals surface area (Å²) in [4.78, 5) is 0. The predicted octanol–water partition coefficient (Wildman–Crippen LogP) is 2.77. The van der Waals surface area contributed by atoms with Gasteiger partial charge >= 0.3 is 0 Å². The van der Waals surface area contributed by atoms with Crippen LogP contribution in [0.5, 0.6) is 0 Å². The quantitative estimate of drug-likeness (QED) is 0.795. The van der Waals surface area contributed by atoms with Gasteiger partial charge in [-0.3, -0.25) is 4.68 Å². The van der Waals surface area contributed by atoms with Gasteiger partial charge in [-0.05, 0) is 57.6 Å². The van der Waals surface area contributed by atoms with Crippen LogP contribution in [0.4, 0.5) is 0 Å². The molecular formula is C16H29N3O. The van der Waals surface area contributed by atoms with Gasteiger partial charge in [0.1, 0.15) is 0 Å². The van der Waals surface area contributed by atoms with Crippen LogP contribution in [0.15, 0.2) is 12.4 Å². The molecule has 1 aliphatic heterocycles. The Kier molecular flexibility index (Phi) is 6.54. The Hall–Kier alpha value is -0.870. The number of hydrogen-bond acceptors (Lipinski definition) is 3. The molecule has 1 aliphatic rings. The van der Waals surface area contributed by atoms with Crippen molar-refractivity contribution in [2.45, 2.75) is 71.1 Å². The van der Waals surface area contributed by atoms with Gasteiger partial charge in [-0.15, -0.1) is 0 Å². The third-order valence-corrected chi connectivity index (χ3v) is 4.00. The highest BCUT2D eigenvalue weighted by Gasteiger charge is 2.19. The van der Waals surface area contributed by atoms with E-state index in [1.165, 1.54) is 31.2 Å².